The van der Waals surface area contributed by atoms with Crippen molar-refractivity contribution < 1.29 is 4.79 Å². The second-order valence-electron chi connectivity index (χ2n) is 7.87. The predicted octanol–water partition coefficient (Wildman–Crippen LogP) is 4.98. The van der Waals surface area contributed by atoms with Crippen molar-refractivity contribution in [3.8, 4) is 0 Å². The van der Waals surface area contributed by atoms with Crippen LogP contribution < -0.4 is 5.32 Å². The van der Waals surface area contributed by atoms with Crippen LogP contribution in [-0.4, -0.2) is 36.0 Å². The molecule has 2 fully saturated rings. The van der Waals surface area contributed by atoms with Gasteiger partial charge in [0.05, 0.1) is 0 Å². The highest BCUT2D eigenvalue weighted by Crippen LogP contribution is 2.25. The van der Waals surface area contributed by atoms with E-state index in [1.54, 1.807) is 0 Å². The maximum atomic E-state index is 12.7. The van der Waals surface area contributed by atoms with Crippen LogP contribution in [0.25, 0.3) is 0 Å². The zero-order valence-corrected chi connectivity index (χ0v) is 17.0. The number of rotatable bonds is 10. The van der Waals surface area contributed by atoms with Gasteiger partial charge >= 0.3 is 0 Å². The highest BCUT2D eigenvalue weighted by molar-refractivity contribution is 5.94. The van der Waals surface area contributed by atoms with E-state index in [2.05, 4.69) is 29.3 Å². The molecule has 4 heteroatoms. The van der Waals surface area contributed by atoms with E-state index in [4.69, 9.17) is 0 Å². The van der Waals surface area contributed by atoms with E-state index in [0.717, 1.165) is 31.5 Å². The molecule has 26 heavy (non-hydrogen) atoms. The van der Waals surface area contributed by atoms with E-state index < -0.39 is 0 Å². The normalized spacial score (nSPS) is 21.0. The topological polar surface area (TPSA) is 32.3 Å². The molecule has 2 unspecified atom stereocenters. The number of halogens is 1. The molecule has 2 saturated heterocycles. The monoisotopic (exact) mass is 378 g/mol. The molecule has 0 saturated carbocycles. The maximum absolute atomic E-state index is 12.7. The second-order valence-corrected chi connectivity index (χ2v) is 7.87. The number of benzene rings is 1. The van der Waals surface area contributed by atoms with Gasteiger partial charge in [-0.05, 0) is 37.0 Å². The van der Waals surface area contributed by atoms with Crippen molar-refractivity contribution in [1.82, 2.24) is 10.2 Å². The van der Waals surface area contributed by atoms with Gasteiger partial charge in [0, 0.05) is 30.7 Å². The number of carbonyl (C=O) groups is 1. The van der Waals surface area contributed by atoms with Crippen molar-refractivity contribution in [2.45, 2.75) is 83.2 Å². The molecule has 3 rings (SSSR count). The fourth-order valence-electron chi connectivity index (χ4n) is 4.25. The van der Waals surface area contributed by atoms with Gasteiger partial charge in [-0.2, -0.15) is 0 Å². The maximum Gasteiger partial charge on any atom is 0.254 e. The number of unbranched alkanes of at least 4 members (excludes halogenated alkanes) is 7. The Balaban J connectivity index is 0.00000243. The molecule has 2 aliphatic rings. The van der Waals surface area contributed by atoms with E-state index in [1.165, 1.54) is 56.9 Å². The highest BCUT2D eigenvalue weighted by atomic mass is 35.5. The van der Waals surface area contributed by atoms with Crippen molar-refractivity contribution >= 4 is 18.3 Å². The molecule has 2 atom stereocenters. The predicted molar refractivity (Wildman–Crippen MR) is 111 cm³/mol. The van der Waals surface area contributed by atoms with Crippen LogP contribution in [0.4, 0.5) is 0 Å². The summed E-state index contributed by atoms with van der Waals surface area (Å²) in [5, 5.41) is 3.46. The Bertz CT molecular complexity index is 546. The number of carbonyl (C=O) groups excluding carboxylic acids is 1. The summed E-state index contributed by atoms with van der Waals surface area (Å²) >= 11 is 0. The van der Waals surface area contributed by atoms with Gasteiger partial charge in [0.1, 0.15) is 0 Å². The number of nitrogens with one attached hydrogen (secondary N) is 1. The lowest BCUT2D eigenvalue weighted by Gasteiger charge is -2.27. The molecule has 2 bridgehead atoms. The average Bonchev–Trinajstić information content (AvgIpc) is 3.27. The fraction of sp³-hybridized carbons (Fsp3) is 0.682. The zero-order chi connectivity index (χ0) is 17.5. The quantitative estimate of drug-likeness (QED) is 0.582. The van der Waals surface area contributed by atoms with Gasteiger partial charge in [0.2, 0.25) is 0 Å². The number of fused-ring (bicyclic) bond motifs is 2. The van der Waals surface area contributed by atoms with Crippen LogP contribution in [-0.2, 0) is 6.42 Å². The number of aryl methyl sites for hydroxylation is 1. The van der Waals surface area contributed by atoms with E-state index >= 15 is 0 Å². The van der Waals surface area contributed by atoms with Crippen molar-refractivity contribution in [3.05, 3.63) is 35.4 Å². The highest BCUT2D eigenvalue weighted by Gasteiger charge is 2.40. The average molecular weight is 379 g/mol. The fourth-order valence-corrected chi connectivity index (χ4v) is 4.25. The summed E-state index contributed by atoms with van der Waals surface area (Å²) in [5.74, 6) is 0.215. The number of hydrogen-bond acceptors (Lipinski definition) is 2. The Hall–Kier alpha value is -1.06. The van der Waals surface area contributed by atoms with Crippen LogP contribution in [0.5, 0.6) is 0 Å². The van der Waals surface area contributed by atoms with Crippen molar-refractivity contribution in [1.29, 1.82) is 0 Å². The van der Waals surface area contributed by atoms with Crippen LogP contribution in [0.3, 0.4) is 0 Å². The first-order valence-electron chi connectivity index (χ1n) is 10.4. The van der Waals surface area contributed by atoms with Gasteiger partial charge in [-0.25, -0.2) is 0 Å². The van der Waals surface area contributed by atoms with Gasteiger partial charge in [-0.1, -0.05) is 64.0 Å². The van der Waals surface area contributed by atoms with Gasteiger partial charge in [0.15, 0.2) is 0 Å². The van der Waals surface area contributed by atoms with Gasteiger partial charge in [0.25, 0.3) is 5.91 Å². The Morgan fingerprint density at radius 3 is 2.27 bits per heavy atom. The molecule has 0 aliphatic carbocycles. The molecule has 2 aliphatic heterocycles. The molecule has 2 heterocycles. The van der Waals surface area contributed by atoms with Crippen LogP contribution in [0.1, 0.15) is 80.6 Å². The molecule has 0 radical (unpaired) electrons. The van der Waals surface area contributed by atoms with E-state index in [9.17, 15) is 4.79 Å². The Kier molecular flexibility index (Phi) is 8.94. The number of likely N-dealkylation sites (tertiary alicyclic amines) is 1. The van der Waals surface area contributed by atoms with Crippen molar-refractivity contribution in [2.75, 3.05) is 13.1 Å². The van der Waals surface area contributed by atoms with E-state index in [0.29, 0.717) is 12.1 Å². The summed E-state index contributed by atoms with van der Waals surface area (Å²) < 4.78 is 0. The van der Waals surface area contributed by atoms with Crippen LogP contribution in [0.15, 0.2) is 24.3 Å². The third kappa shape index (κ3) is 5.72. The first-order valence-corrected chi connectivity index (χ1v) is 10.4. The number of amides is 1. The summed E-state index contributed by atoms with van der Waals surface area (Å²) in [4.78, 5) is 14.7. The molecule has 3 nitrogen and oxygen atoms in total. The summed E-state index contributed by atoms with van der Waals surface area (Å²) in [6, 6.07) is 9.30. The first-order chi connectivity index (χ1) is 12.3. The molecule has 146 valence electrons. The summed E-state index contributed by atoms with van der Waals surface area (Å²) in [6.45, 7) is 4.11. The minimum absolute atomic E-state index is 0. The van der Waals surface area contributed by atoms with Crippen molar-refractivity contribution in [2.24, 2.45) is 0 Å². The third-order valence-corrected chi connectivity index (χ3v) is 5.84. The molecule has 1 N–H and O–H groups in total. The summed E-state index contributed by atoms with van der Waals surface area (Å²) in [6.07, 6.45) is 13.1. The number of piperazine rings is 1. The lowest BCUT2D eigenvalue weighted by atomic mass is 10.0. The lowest BCUT2D eigenvalue weighted by molar-refractivity contribution is 0.0716. The molecular weight excluding hydrogens is 344 g/mol. The van der Waals surface area contributed by atoms with Crippen LogP contribution in [0, 0.1) is 0 Å². The lowest BCUT2D eigenvalue weighted by Crippen LogP contribution is -2.46. The molecule has 1 aromatic rings. The smallest absolute Gasteiger partial charge is 0.254 e. The Morgan fingerprint density at radius 2 is 1.69 bits per heavy atom. The second kappa shape index (κ2) is 10.9. The Labute approximate surface area is 165 Å². The van der Waals surface area contributed by atoms with Crippen LogP contribution >= 0.6 is 12.4 Å². The molecule has 0 spiro atoms. The minimum Gasteiger partial charge on any atom is -0.333 e. The van der Waals surface area contributed by atoms with Crippen molar-refractivity contribution in [3.63, 3.8) is 0 Å². The van der Waals surface area contributed by atoms with Gasteiger partial charge in [-0.3, -0.25) is 4.79 Å². The van der Waals surface area contributed by atoms with E-state index in [1.807, 2.05) is 12.1 Å². The van der Waals surface area contributed by atoms with Gasteiger partial charge in [-0.15, -0.1) is 12.4 Å². The third-order valence-electron chi connectivity index (χ3n) is 5.84. The standard InChI is InChI=1S/C22H34N2O.ClH/c1-2-3-4-5-6-7-8-9-10-18-11-13-19(14-12-18)22(25)24-17-20-15-21(24)16-23-20;/h11-14,20-21,23H,2-10,15-17H2,1H3;1H. The summed E-state index contributed by atoms with van der Waals surface area (Å²) in [7, 11) is 0. The molecule has 0 aromatic heterocycles. The van der Waals surface area contributed by atoms with Gasteiger partial charge < -0.3 is 10.2 Å². The minimum atomic E-state index is 0. The zero-order valence-electron chi connectivity index (χ0n) is 16.2. The summed E-state index contributed by atoms with van der Waals surface area (Å²) in [5.41, 5.74) is 2.22. The largest absolute Gasteiger partial charge is 0.333 e. The molecule has 1 aromatic carbocycles. The number of hydrogen-bond donors (Lipinski definition) is 1. The van der Waals surface area contributed by atoms with E-state index in [-0.39, 0.29) is 18.3 Å². The Morgan fingerprint density at radius 1 is 1.04 bits per heavy atom. The van der Waals surface area contributed by atoms with Crippen LogP contribution in [0.2, 0.25) is 0 Å². The molecular formula is C22H35ClN2O. The SMILES string of the molecule is CCCCCCCCCCc1ccc(C(=O)N2CC3CC2CN3)cc1.Cl. The first kappa shape index (κ1) is 21.2. The molecule has 1 amide bonds. The number of nitrogens with zero attached hydrogens (tertiary/aromatic N) is 1.